The topological polar surface area (TPSA) is 124 Å². The van der Waals surface area contributed by atoms with E-state index in [1.807, 2.05) is 0 Å². The predicted molar refractivity (Wildman–Crippen MR) is 208 cm³/mol. The molecule has 0 aliphatic rings. The molecule has 0 fully saturated rings. The number of carbonyl (C=O) groups excluding carboxylic acids is 1. The molecule has 3 unspecified atom stereocenters. The summed E-state index contributed by atoms with van der Waals surface area (Å²) in [5, 5.41) is 23.5. The number of rotatable bonds is 37. The van der Waals surface area contributed by atoms with Crippen LogP contribution in [0.1, 0.15) is 206 Å². The summed E-state index contributed by atoms with van der Waals surface area (Å²) >= 11 is 0. The number of hydrogen-bond donors (Lipinski definition) is 4. The number of allylic oxidation sites excluding steroid dienone is 4. The summed E-state index contributed by atoms with van der Waals surface area (Å²) in [7, 11) is -4.41. The number of unbranched alkanes of at least 4 members (excludes halogenated alkanes) is 25. The summed E-state index contributed by atoms with van der Waals surface area (Å²) in [5.74, 6) is -1.47. The second-order valence-electron chi connectivity index (χ2n) is 14.4. The van der Waals surface area contributed by atoms with Crippen LogP contribution < -0.4 is 5.32 Å². The Kier molecular flexibility index (Phi) is 34.3. The van der Waals surface area contributed by atoms with Crippen molar-refractivity contribution in [1.29, 1.82) is 0 Å². The Morgan fingerprint density at radius 1 is 0.551 bits per heavy atom. The molecular weight excluding hydrogens is 635 g/mol. The first-order valence-corrected chi connectivity index (χ1v) is 22.3. The van der Waals surface area contributed by atoms with E-state index in [2.05, 4.69) is 43.5 Å². The molecule has 0 saturated carbocycles. The quantitative estimate of drug-likeness (QED) is 0.0289. The maximum atomic E-state index is 12.6. The Hall–Kier alpha value is -1.22. The molecule has 8 heteroatoms. The Morgan fingerprint density at radius 3 is 1.33 bits per heavy atom. The van der Waals surface area contributed by atoms with Crippen LogP contribution in [0, 0.1) is 0 Å². The molecule has 0 bridgehead atoms. The van der Waals surface area contributed by atoms with Crippen molar-refractivity contribution < 1.29 is 28.0 Å². The van der Waals surface area contributed by atoms with Gasteiger partial charge in [0.15, 0.2) is 0 Å². The van der Waals surface area contributed by atoms with Crippen LogP contribution >= 0.6 is 0 Å². The van der Waals surface area contributed by atoms with Crippen molar-refractivity contribution in [2.75, 3.05) is 5.75 Å². The highest BCUT2D eigenvalue weighted by atomic mass is 32.2. The van der Waals surface area contributed by atoms with E-state index in [9.17, 15) is 28.0 Å². The van der Waals surface area contributed by atoms with Crippen LogP contribution in [0.15, 0.2) is 24.3 Å². The zero-order valence-corrected chi connectivity index (χ0v) is 32.8. The second-order valence-corrected chi connectivity index (χ2v) is 15.9. The lowest BCUT2D eigenvalue weighted by Crippen LogP contribution is -2.50. The van der Waals surface area contributed by atoms with Crippen LogP contribution in [0.4, 0.5) is 0 Å². The fourth-order valence-corrected chi connectivity index (χ4v) is 7.09. The van der Waals surface area contributed by atoms with Gasteiger partial charge in [0.25, 0.3) is 10.1 Å². The molecule has 0 aliphatic heterocycles. The Labute approximate surface area is 303 Å². The number of hydrogen-bond acceptors (Lipinski definition) is 5. The van der Waals surface area contributed by atoms with Crippen LogP contribution in [0.5, 0.6) is 0 Å². The molecule has 290 valence electrons. The first kappa shape index (κ1) is 47.8. The van der Waals surface area contributed by atoms with E-state index in [-0.39, 0.29) is 6.42 Å². The van der Waals surface area contributed by atoms with E-state index >= 15 is 0 Å². The molecule has 0 heterocycles. The summed E-state index contributed by atoms with van der Waals surface area (Å²) in [6, 6.07) is -1.15. The third kappa shape index (κ3) is 35.0. The molecule has 4 N–H and O–H groups in total. The minimum absolute atomic E-state index is 0.280. The third-order valence-electron chi connectivity index (χ3n) is 9.54. The monoisotopic (exact) mass is 714 g/mol. The number of amides is 1. The number of carbonyl (C=O) groups is 1. The molecule has 3 atom stereocenters. The minimum atomic E-state index is -4.41. The van der Waals surface area contributed by atoms with Gasteiger partial charge in [0.2, 0.25) is 5.91 Å². The van der Waals surface area contributed by atoms with Gasteiger partial charge in [-0.1, -0.05) is 192 Å². The fraction of sp³-hybridized carbons (Fsp3) is 0.878. The maximum absolute atomic E-state index is 12.6. The summed E-state index contributed by atoms with van der Waals surface area (Å²) in [6.07, 6.45) is 40.5. The van der Waals surface area contributed by atoms with Crippen molar-refractivity contribution >= 4 is 16.0 Å². The molecule has 0 aromatic carbocycles. The van der Waals surface area contributed by atoms with E-state index in [1.165, 1.54) is 109 Å². The summed E-state index contributed by atoms with van der Waals surface area (Å²) in [5.41, 5.74) is 0. The Morgan fingerprint density at radius 2 is 0.898 bits per heavy atom. The lowest BCUT2D eigenvalue weighted by Gasteiger charge is -2.24. The average Bonchev–Trinajstić information content (AvgIpc) is 3.06. The van der Waals surface area contributed by atoms with Crippen LogP contribution in [-0.4, -0.2) is 53.1 Å². The summed E-state index contributed by atoms with van der Waals surface area (Å²) in [4.78, 5) is 12.6. The molecule has 0 spiro atoms. The molecule has 0 rings (SSSR count). The number of aliphatic hydroxyl groups excluding tert-OH is 2. The van der Waals surface area contributed by atoms with Gasteiger partial charge in [0, 0.05) is 0 Å². The van der Waals surface area contributed by atoms with Crippen LogP contribution in [0.25, 0.3) is 0 Å². The molecular formula is C41H79NO6S. The van der Waals surface area contributed by atoms with Gasteiger partial charge < -0.3 is 15.5 Å². The van der Waals surface area contributed by atoms with Crippen molar-refractivity contribution in [2.24, 2.45) is 0 Å². The molecule has 0 aliphatic carbocycles. The largest absolute Gasteiger partial charge is 0.391 e. The predicted octanol–water partition coefficient (Wildman–Crippen LogP) is 10.9. The zero-order chi connectivity index (χ0) is 36.3. The van der Waals surface area contributed by atoms with Gasteiger partial charge in [-0.3, -0.25) is 9.35 Å². The minimum Gasteiger partial charge on any atom is -0.391 e. The van der Waals surface area contributed by atoms with E-state index in [1.54, 1.807) is 0 Å². The van der Waals surface area contributed by atoms with Gasteiger partial charge in [-0.05, 0) is 38.5 Å². The highest BCUT2D eigenvalue weighted by Gasteiger charge is 2.28. The van der Waals surface area contributed by atoms with Crippen LogP contribution in [0.3, 0.4) is 0 Å². The van der Waals surface area contributed by atoms with Gasteiger partial charge in [-0.25, -0.2) is 0 Å². The van der Waals surface area contributed by atoms with E-state index in [0.29, 0.717) is 19.3 Å². The van der Waals surface area contributed by atoms with Gasteiger partial charge >= 0.3 is 0 Å². The van der Waals surface area contributed by atoms with Gasteiger partial charge in [0.05, 0.1) is 17.9 Å². The highest BCUT2D eigenvalue weighted by molar-refractivity contribution is 7.85. The zero-order valence-electron chi connectivity index (χ0n) is 31.9. The lowest BCUT2D eigenvalue weighted by molar-refractivity contribution is -0.131. The molecule has 1 amide bonds. The molecule has 0 aromatic rings. The first-order chi connectivity index (χ1) is 23.7. The molecule has 0 radical (unpaired) electrons. The van der Waals surface area contributed by atoms with E-state index < -0.39 is 40.0 Å². The standard InChI is InChI=1S/C41H79NO6S/c1-3-5-7-9-11-13-15-17-19-20-21-22-24-25-27-29-31-33-35-39(43)38(37-49(46,47)48)42-41(45)40(44)36-34-32-30-28-26-23-18-16-14-12-10-8-6-4-2/h12,14,16,18,38-40,43-44H,3-11,13,15,17,19-37H2,1-2H3,(H,42,45)(H,46,47,48)/b14-12-,18-16-. The molecule has 0 aromatic heterocycles. The van der Waals surface area contributed by atoms with E-state index in [0.717, 1.165) is 57.8 Å². The van der Waals surface area contributed by atoms with Crippen molar-refractivity contribution in [3.63, 3.8) is 0 Å². The molecule has 7 nitrogen and oxygen atoms in total. The molecule has 49 heavy (non-hydrogen) atoms. The Bertz CT molecular complexity index is 890. The van der Waals surface area contributed by atoms with Crippen molar-refractivity contribution in [3.05, 3.63) is 24.3 Å². The molecule has 0 saturated heterocycles. The first-order valence-electron chi connectivity index (χ1n) is 20.6. The SMILES string of the molecule is CCCCC/C=C\C=C/CCCCCCCC(O)C(=O)NC(CS(=O)(=O)O)C(O)CCCCCCCCCCCCCCCCCCCC. The van der Waals surface area contributed by atoms with Crippen molar-refractivity contribution in [3.8, 4) is 0 Å². The average molecular weight is 714 g/mol. The van der Waals surface area contributed by atoms with Crippen molar-refractivity contribution in [2.45, 2.75) is 225 Å². The smallest absolute Gasteiger partial charge is 0.266 e. The highest BCUT2D eigenvalue weighted by Crippen LogP contribution is 2.16. The van der Waals surface area contributed by atoms with Crippen LogP contribution in [0.2, 0.25) is 0 Å². The van der Waals surface area contributed by atoms with Gasteiger partial charge in [-0.2, -0.15) is 8.42 Å². The number of nitrogens with one attached hydrogen (secondary N) is 1. The summed E-state index contributed by atoms with van der Waals surface area (Å²) < 4.78 is 32.6. The van der Waals surface area contributed by atoms with Crippen molar-refractivity contribution in [1.82, 2.24) is 5.32 Å². The van der Waals surface area contributed by atoms with Gasteiger partial charge in [0.1, 0.15) is 6.10 Å². The fourth-order valence-electron chi connectivity index (χ4n) is 6.33. The Balaban J connectivity index is 3.99. The summed E-state index contributed by atoms with van der Waals surface area (Å²) in [6.45, 7) is 4.48. The van der Waals surface area contributed by atoms with Crippen LogP contribution in [-0.2, 0) is 14.9 Å². The van der Waals surface area contributed by atoms with Gasteiger partial charge in [-0.15, -0.1) is 0 Å². The lowest BCUT2D eigenvalue weighted by atomic mass is 10.0. The number of aliphatic hydroxyl groups is 2. The third-order valence-corrected chi connectivity index (χ3v) is 10.3. The maximum Gasteiger partial charge on any atom is 0.266 e. The normalized spacial score (nSPS) is 14.1. The second kappa shape index (κ2) is 35.2. The van der Waals surface area contributed by atoms with E-state index in [4.69, 9.17) is 0 Å².